The highest BCUT2D eigenvalue weighted by Crippen LogP contribution is 2.22. The Balaban J connectivity index is 1.72. The lowest BCUT2D eigenvalue weighted by atomic mass is 10.2. The van der Waals surface area contributed by atoms with Gasteiger partial charge in [-0.05, 0) is 37.3 Å². The maximum atomic E-state index is 11.9. The van der Waals surface area contributed by atoms with Gasteiger partial charge < -0.3 is 11.1 Å². The maximum Gasteiger partial charge on any atom is 0.252 e. The molecule has 0 aliphatic rings. The summed E-state index contributed by atoms with van der Waals surface area (Å²) in [5.41, 5.74) is 8.13. The van der Waals surface area contributed by atoms with Crippen molar-refractivity contribution in [3.8, 4) is 0 Å². The number of rotatable bonds is 5. The summed E-state index contributed by atoms with van der Waals surface area (Å²) in [4.78, 5) is 24.1. The molecule has 3 rings (SSSR count). The minimum atomic E-state index is -0.279. The Morgan fingerprint density at radius 3 is 2.78 bits per heavy atom. The fraction of sp³-hybridized carbons (Fsp3) is 0.105. The Labute approximate surface area is 165 Å². The number of aliphatic imine (C=N–C) groups is 1. The fourth-order valence-corrected chi connectivity index (χ4v) is 3.25. The molecule has 3 aromatic rings. The third-order valence-corrected chi connectivity index (χ3v) is 4.79. The number of nitrogens with one attached hydrogen (secondary N) is 2. The number of aryl methyl sites for hydroxylation is 1. The van der Waals surface area contributed by atoms with E-state index in [1.165, 1.54) is 11.6 Å². The third-order valence-electron chi connectivity index (χ3n) is 3.51. The monoisotopic (exact) mass is 399 g/mol. The van der Waals surface area contributed by atoms with Crippen LogP contribution in [-0.4, -0.2) is 15.9 Å². The number of hydrogen-bond donors (Lipinski definition) is 3. The SMILES string of the molecule is Cc1ccc(SCc2cc(=O)[nH]c(N=C(N)Nc3cccc(Cl)c3)n2)cc1. The van der Waals surface area contributed by atoms with Gasteiger partial charge in [-0.15, -0.1) is 11.8 Å². The van der Waals surface area contributed by atoms with Gasteiger partial charge in [0.15, 0.2) is 0 Å². The van der Waals surface area contributed by atoms with Crippen molar-refractivity contribution in [2.45, 2.75) is 17.6 Å². The summed E-state index contributed by atoms with van der Waals surface area (Å²) < 4.78 is 0. The first-order chi connectivity index (χ1) is 13.0. The van der Waals surface area contributed by atoms with Crippen molar-refractivity contribution < 1.29 is 0 Å². The van der Waals surface area contributed by atoms with Gasteiger partial charge in [-0.1, -0.05) is 35.4 Å². The first-order valence-corrected chi connectivity index (χ1v) is 9.51. The van der Waals surface area contributed by atoms with Crippen molar-refractivity contribution in [1.82, 2.24) is 9.97 Å². The molecule has 1 heterocycles. The first kappa shape index (κ1) is 19.0. The van der Waals surface area contributed by atoms with Crippen molar-refractivity contribution in [3.63, 3.8) is 0 Å². The predicted octanol–water partition coefficient (Wildman–Crippen LogP) is 4.08. The van der Waals surface area contributed by atoms with Crippen LogP contribution in [0.15, 0.2) is 69.3 Å². The second-order valence-corrected chi connectivity index (χ2v) is 7.28. The van der Waals surface area contributed by atoms with E-state index >= 15 is 0 Å². The summed E-state index contributed by atoms with van der Waals surface area (Å²) >= 11 is 7.54. The van der Waals surface area contributed by atoms with E-state index in [0.717, 1.165) is 4.90 Å². The molecule has 138 valence electrons. The number of H-pyrrole nitrogens is 1. The minimum absolute atomic E-state index is 0.101. The molecule has 0 saturated heterocycles. The van der Waals surface area contributed by atoms with E-state index in [1.54, 1.807) is 36.0 Å². The molecule has 2 aromatic carbocycles. The van der Waals surface area contributed by atoms with Crippen LogP contribution in [0.5, 0.6) is 0 Å². The number of halogens is 1. The first-order valence-electron chi connectivity index (χ1n) is 8.14. The van der Waals surface area contributed by atoms with E-state index in [0.29, 0.717) is 22.2 Å². The molecule has 0 radical (unpaired) electrons. The van der Waals surface area contributed by atoms with Gasteiger partial charge in [0.05, 0.1) is 5.69 Å². The van der Waals surface area contributed by atoms with E-state index in [2.05, 4.69) is 20.3 Å². The number of anilines is 1. The molecule has 0 saturated carbocycles. The van der Waals surface area contributed by atoms with Crippen LogP contribution in [0.25, 0.3) is 0 Å². The van der Waals surface area contributed by atoms with Crippen LogP contribution in [0.1, 0.15) is 11.3 Å². The zero-order valence-electron chi connectivity index (χ0n) is 14.6. The number of nitrogens with two attached hydrogens (primary N) is 1. The lowest BCUT2D eigenvalue weighted by molar-refractivity contribution is 1.04. The Morgan fingerprint density at radius 1 is 1.26 bits per heavy atom. The number of aromatic amines is 1. The van der Waals surface area contributed by atoms with Gasteiger partial charge in [-0.3, -0.25) is 9.78 Å². The molecule has 0 atom stereocenters. The van der Waals surface area contributed by atoms with Crippen molar-refractivity contribution in [2.75, 3.05) is 5.32 Å². The number of aromatic nitrogens is 2. The van der Waals surface area contributed by atoms with Crippen molar-refractivity contribution in [3.05, 3.63) is 81.2 Å². The molecule has 8 heteroatoms. The minimum Gasteiger partial charge on any atom is -0.369 e. The molecular formula is C19H18ClN5OS. The molecule has 0 aliphatic carbocycles. The average molecular weight is 400 g/mol. The molecule has 0 aliphatic heterocycles. The number of guanidine groups is 1. The van der Waals surface area contributed by atoms with Gasteiger partial charge in [0.1, 0.15) is 0 Å². The van der Waals surface area contributed by atoms with E-state index in [4.69, 9.17) is 17.3 Å². The third kappa shape index (κ3) is 5.87. The highest BCUT2D eigenvalue weighted by Gasteiger charge is 2.04. The molecule has 0 bridgehead atoms. The van der Waals surface area contributed by atoms with Crippen LogP contribution in [0.2, 0.25) is 5.02 Å². The molecule has 27 heavy (non-hydrogen) atoms. The van der Waals surface area contributed by atoms with Crippen LogP contribution in [0.4, 0.5) is 11.6 Å². The van der Waals surface area contributed by atoms with Crippen LogP contribution >= 0.6 is 23.4 Å². The smallest absolute Gasteiger partial charge is 0.252 e. The van der Waals surface area contributed by atoms with E-state index in [-0.39, 0.29) is 17.5 Å². The summed E-state index contributed by atoms with van der Waals surface area (Å²) in [5.74, 6) is 0.801. The van der Waals surface area contributed by atoms with E-state index in [9.17, 15) is 4.79 Å². The number of benzene rings is 2. The molecule has 6 nitrogen and oxygen atoms in total. The van der Waals surface area contributed by atoms with E-state index < -0.39 is 0 Å². The molecule has 1 aromatic heterocycles. The van der Waals surface area contributed by atoms with E-state index in [1.807, 2.05) is 31.2 Å². The summed E-state index contributed by atoms with van der Waals surface area (Å²) in [6, 6.07) is 16.7. The topological polar surface area (TPSA) is 96.2 Å². The zero-order valence-corrected chi connectivity index (χ0v) is 16.1. The van der Waals surface area contributed by atoms with Crippen molar-refractivity contribution >= 4 is 41.0 Å². The Morgan fingerprint density at radius 2 is 2.04 bits per heavy atom. The predicted molar refractivity (Wildman–Crippen MR) is 112 cm³/mol. The molecular weight excluding hydrogens is 382 g/mol. The Kier molecular flexibility index (Phi) is 6.16. The van der Waals surface area contributed by atoms with Crippen molar-refractivity contribution in [2.24, 2.45) is 10.7 Å². The highest BCUT2D eigenvalue weighted by molar-refractivity contribution is 7.98. The Bertz CT molecular complexity index is 1020. The van der Waals surface area contributed by atoms with Gasteiger partial charge in [-0.2, -0.15) is 4.99 Å². The second kappa shape index (κ2) is 8.75. The van der Waals surface area contributed by atoms with Crippen LogP contribution in [0, 0.1) is 6.92 Å². The number of thioether (sulfide) groups is 1. The lowest BCUT2D eigenvalue weighted by Crippen LogP contribution is -2.22. The summed E-state index contributed by atoms with van der Waals surface area (Å²) in [6.45, 7) is 2.04. The van der Waals surface area contributed by atoms with Crippen LogP contribution in [0.3, 0.4) is 0 Å². The van der Waals surface area contributed by atoms with Gasteiger partial charge in [0.25, 0.3) is 5.56 Å². The largest absolute Gasteiger partial charge is 0.369 e. The molecule has 0 fully saturated rings. The Hall–Kier alpha value is -2.77. The van der Waals surface area contributed by atoms with Gasteiger partial charge in [0.2, 0.25) is 11.9 Å². The molecule has 4 N–H and O–H groups in total. The highest BCUT2D eigenvalue weighted by atomic mass is 35.5. The molecule has 0 unspecified atom stereocenters. The average Bonchev–Trinajstić information content (AvgIpc) is 2.60. The standard InChI is InChI=1S/C19H18ClN5OS/c1-12-5-7-16(8-6-12)27-11-15-10-17(26)24-19(23-15)25-18(21)22-14-4-2-3-13(20)9-14/h2-10H,11H2,1H3,(H4,21,22,23,24,25,26). The van der Waals surface area contributed by atoms with Crippen LogP contribution < -0.4 is 16.6 Å². The fourth-order valence-electron chi connectivity index (χ4n) is 2.27. The summed E-state index contributed by atoms with van der Waals surface area (Å²) in [7, 11) is 0. The van der Waals surface area contributed by atoms with Gasteiger partial charge >= 0.3 is 0 Å². The summed E-state index contributed by atoms with van der Waals surface area (Å²) in [5, 5.41) is 3.49. The maximum absolute atomic E-state index is 11.9. The molecule has 0 amide bonds. The van der Waals surface area contributed by atoms with Crippen molar-refractivity contribution in [1.29, 1.82) is 0 Å². The molecule has 0 spiro atoms. The van der Waals surface area contributed by atoms with Gasteiger partial charge in [0, 0.05) is 27.4 Å². The second-order valence-electron chi connectivity index (χ2n) is 5.79. The summed E-state index contributed by atoms with van der Waals surface area (Å²) in [6.07, 6.45) is 0. The van der Waals surface area contributed by atoms with Crippen LogP contribution in [-0.2, 0) is 5.75 Å². The zero-order chi connectivity index (χ0) is 19.2. The van der Waals surface area contributed by atoms with Gasteiger partial charge in [-0.25, -0.2) is 4.98 Å². The number of hydrogen-bond acceptors (Lipinski definition) is 4. The quantitative estimate of drug-likeness (QED) is 0.341. The lowest BCUT2D eigenvalue weighted by Gasteiger charge is -2.06. The number of nitrogens with zero attached hydrogens (tertiary/aromatic N) is 2. The normalized spacial score (nSPS) is 11.4.